The van der Waals surface area contributed by atoms with Gasteiger partial charge in [0.15, 0.2) is 0 Å². The number of para-hydroxylation sites is 1. The van der Waals surface area contributed by atoms with Crippen LogP contribution in [0.4, 0.5) is 11.4 Å². The molecular formula is C21H18BrClN2O3S. The third-order valence-corrected chi connectivity index (χ3v) is 6.71. The first-order chi connectivity index (χ1) is 13.8. The molecule has 0 saturated heterocycles. The van der Waals surface area contributed by atoms with Crippen molar-refractivity contribution >= 4 is 54.8 Å². The Morgan fingerprint density at radius 3 is 2.38 bits per heavy atom. The molecule has 0 bridgehead atoms. The number of amides is 1. The van der Waals surface area contributed by atoms with Crippen LogP contribution >= 0.6 is 27.5 Å². The van der Waals surface area contributed by atoms with Gasteiger partial charge in [-0.05, 0) is 49.4 Å². The van der Waals surface area contributed by atoms with Gasteiger partial charge in [-0.15, -0.1) is 0 Å². The summed E-state index contributed by atoms with van der Waals surface area (Å²) in [7, 11) is -4.01. The van der Waals surface area contributed by atoms with E-state index in [-0.39, 0.29) is 15.6 Å². The van der Waals surface area contributed by atoms with Crippen LogP contribution in [0.5, 0.6) is 0 Å². The molecular weight excluding hydrogens is 476 g/mol. The minimum atomic E-state index is -4.01. The zero-order valence-corrected chi connectivity index (χ0v) is 18.6. The van der Waals surface area contributed by atoms with Gasteiger partial charge in [0, 0.05) is 10.2 Å². The van der Waals surface area contributed by atoms with Crippen LogP contribution in [0.2, 0.25) is 5.02 Å². The first-order valence-corrected chi connectivity index (χ1v) is 11.3. The first-order valence-electron chi connectivity index (χ1n) is 8.67. The molecule has 0 aliphatic carbocycles. The molecule has 0 spiro atoms. The lowest BCUT2D eigenvalue weighted by atomic mass is 10.2. The maximum atomic E-state index is 13.3. The first kappa shape index (κ1) is 21.4. The average molecular weight is 494 g/mol. The van der Waals surface area contributed by atoms with Crippen molar-refractivity contribution in [2.45, 2.75) is 11.8 Å². The van der Waals surface area contributed by atoms with Gasteiger partial charge in [0.25, 0.3) is 10.0 Å². The second-order valence-corrected chi connectivity index (χ2v) is 9.52. The smallest absolute Gasteiger partial charge is 0.264 e. The van der Waals surface area contributed by atoms with Crippen molar-refractivity contribution in [2.75, 3.05) is 16.2 Å². The molecule has 1 N–H and O–H groups in total. The molecule has 0 fully saturated rings. The maximum absolute atomic E-state index is 13.3. The number of rotatable bonds is 6. The molecule has 0 unspecified atom stereocenters. The van der Waals surface area contributed by atoms with Gasteiger partial charge in [-0.2, -0.15) is 0 Å². The molecule has 0 saturated carbocycles. The van der Waals surface area contributed by atoms with Crippen LogP contribution in [0.15, 0.2) is 82.2 Å². The summed E-state index contributed by atoms with van der Waals surface area (Å²) in [6, 6.07) is 20.0. The fraction of sp³-hybridized carbons (Fsp3) is 0.0952. The van der Waals surface area contributed by atoms with Crippen LogP contribution in [0.3, 0.4) is 0 Å². The molecule has 0 aromatic heterocycles. The molecule has 8 heteroatoms. The topological polar surface area (TPSA) is 66.5 Å². The number of nitrogens with one attached hydrogen (secondary N) is 1. The Kier molecular flexibility index (Phi) is 6.62. The highest BCUT2D eigenvalue weighted by molar-refractivity contribution is 9.10. The summed E-state index contributed by atoms with van der Waals surface area (Å²) in [6.45, 7) is 1.44. The quantitative estimate of drug-likeness (QED) is 0.510. The van der Waals surface area contributed by atoms with Gasteiger partial charge >= 0.3 is 0 Å². The Morgan fingerprint density at radius 2 is 1.72 bits per heavy atom. The molecule has 0 heterocycles. The van der Waals surface area contributed by atoms with Gasteiger partial charge in [-0.3, -0.25) is 9.10 Å². The molecule has 3 aromatic rings. The standard InChI is InChI=1S/C21H18BrClN2O3S/c1-15-9-11-18(12-10-15)29(27,28)25(20-8-3-2-7-19(20)23)14-21(26)24-17-6-4-5-16(22)13-17/h2-13H,14H2,1H3,(H,24,26). The summed E-state index contributed by atoms with van der Waals surface area (Å²) in [5.41, 5.74) is 1.72. The van der Waals surface area contributed by atoms with Crippen LogP contribution in [0, 0.1) is 6.92 Å². The largest absolute Gasteiger partial charge is 0.324 e. The van der Waals surface area contributed by atoms with Crippen LogP contribution in [-0.4, -0.2) is 20.9 Å². The summed E-state index contributed by atoms with van der Waals surface area (Å²) in [5.74, 6) is -0.487. The second-order valence-electron chi connectivity index (χ2n) is 6.33. The normalized spacial score (nSPS) is 11.1. The van der Waals surface area contributed by atoms with Gasteiger partial charge in [-0.1, -0.05) is 63.4 Å². The van der Waals surface area contributed by atoms with E-state index in [1.54, 1.807) is 54.6 Å². The Morgan fingerprint density at radius 1 is 1.03 bits per heavy atom. The van der Waals surface area contributed by atoms with Gasteiger partial charge in [0.05, 0.1) is 15.6 Å². The van der Waals surface area contributed by atoms with Crippen LogP contribution in [-0.2, 0) is 14.8 Å². The number of benzene rings is 3. The van der Waals surface area contributed by atoms with E-state index in [9.17, 15) is 13.2 Å². The minimum Gasteiger partial charge on any atom is -0.324 e. The molecule has 3 rings (SSSR count). The van der Waals surface area contributed by atoms with E-state index >= 15 is 0 Å². The number of sulfonamides is 1. The van der Waals surface area contributed by atoms with Gasteiger partial charge < -0.3 is 5.32 Å². The van der Waals surface area contributed by atoms with E-state index in [2.05, 4.69) is 21.2 Å². The highest BCUT2D eigenvalue weighted by Crippen LogP contribution is 2.30. The number of halogens is 2. The van der Waals surface area contributed by atoms with Crippen LogP contribution in [0.25, 0.3) is 0 Å². The van der Waals surface area contributed by atoms with E-state index < -0.39 is 22.5 Å². The van der Waals surface area contributed by atoms with E-state index in [0.717, 1.165) is 14.3 Å². The Balaban J connectivity index is 1.96. The molecule has 0 atom stereocenters. The highest BCUT2D eigenvalue weighted by atomic mass is 79.9. The summed E-state index contributed by atoms with van der Waals surface area (Å²) < 4.78 is 28.5. The lowest BCUT2D eigenvalue weighted by Crippen LogP contribution is -2.38. The molecule has 0 aliphatic heterocycles. The zero-order chi connectivity index (χ0) is 21.0. The maximum Gasteiger partial charge on any atom is 0.264 e. The molecule has 0 aliphatic rings. The SMILES string of the molecule is Cc1ccc(S(=O)(=O)N(CC(=O)Nc2cccc(Br)c2)c2ccccc2Cl)cc1. The Labute approximate surface area is 183 Å². The number of hydrogen-bond donors (Lipinski definition) is 1. The summed E-state index contributed by atoms with van der Waals surface area (Å²) in [5, 5.41) is 2.95. The van der Waals surface area contributed by atoms with Gasteiger partial charge in [-0.25, -0.2) is 8.42 Å². The minimum absolute atomic E-state index is 0.0817. The number of nitrogens with zero attached hydrogens (tertiary/aromatic N) is 1. The average Bonchev–Trinajstić information content (AvgIpc) is 2.67. The zero-order valence-electron chi connectivity index (χ0n) is 15.5. The second kappa shape index (κ2) is 8.98. The summed E-state index contributed by atoms with van der Waals surface area (Å²) >= 11 is 9.60. The third kappa shape index (κ3) is 5.18. The van der Waals surface area contributed by atoms with Crippen LogP contribution < -0.4 is 9.62 Å². The molecule has 5 nitrogen and oxygen atoms in total. The molecule has 0 radical (unpaired) electrons. The fourth-order valence-corrected chi connectivity index (χ4v) is 4.82. The van der Waals surface area contributed by atoms with Gasteiger partial charge in [0.2, 0.25) is 5.91 Å². The van der Waals surface area contributed by atoms with Crippen molar-refractivity contribution in [2.24, 2.45) is 0 Å². The van der Waals surface area contributed by atoms with Crippen LogP contribution in [0.1, 0.15) is 5.56 Å². The Hall–Kier alpha value is -2.35. The summed E-state index contributed by atoms with van der Waals surface area (Å²) in [4.78, 5) is 12.8. The number of anilines is 2. The molecule has 1 amide bonds. The summed E-state index contributed by atoms with van der Waals surface area (Å²) in [6.07, 6.45) is 0. The number of carbonyl (C=O) groups is 1. The van der Waals surface area contributed by atoms with E-state index in [1.807, 2.05) is 13.0 Å². The molecule has 3 aromatic carbocycles. The lowest BCUT2D eigenvalue weighted by molar-refractivity contribution is -0.114. The molecule has 29 heavy (non-hydrogen) atoms. The van der Waals surface area contributed by atoms with Crippen molar-refractivity contribution < 1.29 is 13.2 Å². The number of hydrogen-bond acceptors (Lipinski definition) is 3. The number of carbonyl (C=O) groups excluding carboxylic acids is 1. The van der Waals surface area contributed by atoms with Gasteiger partial charge in [0.1, 0.15) is 6.54 Å². The van der Waals surface area contributed by atoms with Crippen molar-refractivity contribution in [1.82, 2.24) is 0 Å². The predicted octanol–water partition coefficient (Wildman–Crippen LogP) is 5.24. The van der Waals surface area contributed by atoms with E-state index in [4.69, 9.17) is 11.6 Å². The van der Waals surface area contributed by atoms with Crippen molar-refractivity contribution in [3.63, 3.8) is 0 Å². The van der Waals surface area contributed by atoms with Crippen molar-refractivity contribution in [1.29, 1.82) is 0 Å². The van der Waals surface area contributed by atoms with E-state index in [0.29, 0.717) is 5.69 Å². The Bertz CT molecular complexity index is 1130. The molecule has 150 valence electrons. The lowest BCUT2D eigenvalue weighted by Gasteiger charge is -2.25. The van der Waals surface area contributed by atoms with E-state index in [1.165, 1.54) is 12.1 Å². The number of aryl methyl sites for hydroxylation is 1. The monoisotopic (exact) mass is 492 g/mol. The predicted molar refractivity (Wildman–Crippen MR) is 120 cm³/mol. The third-order valence-electron chi connectivity index (χ3n) is 4.13. The van der Waals surface area contributed by atoms with Crippen molar-refractivity contribution in [3.8, 4) is 0 Å². The van der Waals surface area contributed by atoms with Crippen molar-refractivity contribution in [3.05, 3.63) is 87.9 Å². The highest BCUT2D eigenvalue weighted by Gasteiger charge is 2.28. The fourth-order valence-electron chi connectivity index (χ4n) is 2.69.